The summed E-state index contributed by atoms with van der Waals surface area (Å²) in [5, 5.41) is 11.0. The van der Waals surface area contributed by atoms with Crippen LogP contribution in [0.2, 0.25) is 0 Å². The molecule has 0 bridgehead atoms. The number of benzene rings is 2. The molecule has 5 heteroatoms. The zero-order chi connectivity index (χ0) is 27.0. The summed E-state index contributed by atoms with van der Waals surface area (Å²) in [5.74, 6) is -1.12. The molecule has 1 spiro atoms. The molecule has 0 unspecified atom stereocenters. The zero-order valence-corrected chi connectivity index (χ0v) is 23.7. The van der Waals surface area contributed by atoms with Gasteiger partial charge in [-0.3, -0.25) is 9.53 Å². The minimum absolute atomic E-state index is 0.150. The molecule has 2 aromatic carbocycles. The average Bonchev–Trinajstić information content (AvgIpc) is 3.42. The van der Waals surface area contributed by atoms with Crippen molar-refractivity contribution in [2.24, 2.45) is 0 Å². The molecule has 2 heterocycles. The highest BCUT2D eigenvalue weighted by molar-refractivity contribution is 5.96. The van der Waals surface area contributed by atoms with Crippen LogP contribution in [0, 0.1) is 0 Å². The Hall–Kier alpha value is -2.37. The number of aromatic hydroxyl groups is 1. The Labute approximate surface area is 228 Å². The number of rotatable bonds is 16. The minimum atomic E-state index is -1.16. The highest BCUT2D eigenvalue weighted by Gasteiger charge is 2.59. The lowest BCUT2D eigenvalue weighted by molar-refractivity contribution is -0.323. The van der Waals surface area contributed by atoms with E-state index in [0.29, 0.717) is 30.6 Å². The van der Waals surface area contributed by atoms with Crippen LogP contribution in [0.3, 0.4) is 0 Å². The van der Waals surface area contributed by atoms with Gasteiger partial charge in [0.15, 0.2) is 11.6 Å². The predicted molar refractivity (Wildman–Crippen MR) is 151 cm³/mol. The first-order valence-electron chi connectivity index (χ1n) is 14.9. The number of unbranched alkanes of at least 4 members (excludes halogenated alkanes) is 10. The second kappa shape index (κ2) is 13.1. The first-order chi connectivity index (χ1) is 18.5. The summed E-state index contributed by atoms with van der Waals surface area (Å²) in [6, 6.07) is 11.2. The summed E-state index contributed by atoms with van der Waals surface area (Å²) in [4.78, 5) is 12.9. The molecule has 5 nitrogen and oxygen atoms in total. The lowest BCUT2D eigenvalue weighted by Crippen LogP contribution is -2.37. The maximum absolute atomic E-state index is 12.9. The summed E-state index contributed by atoms with van der Waals surface area (Å²) in [6.07, 6.45) is 15.7. The van der Waals surface area contributed by atoms with E-state index in [0.717, 1.165) is 42.4 Å². The highest BCUT2D eigenvalue weighted by atomic mass is 16.8. The standard InChI is InChI=1S/C33H46O5/c1-4-6-8-10-12-14-18-28(34)25-20-21-30-26(23-25)24-33(37-30)31-27(17-16-19-29(31)35)32(36-3,38-33)22-15-13-11-9-7-5-2/h16-17,19-21,23,35H,4-15,18,22,24H2,1-3H3/t32-,33+/m1/s1. The van der Waals surface area contributed by atoms with Crippen LogP contribution in [0.25, 0.3) is 0 Å². The number of phenolic OH excluding ortho intramolecular Hbond substituents is 1. The van der Waals surface area contributed by atoms with Gasteiger partial charge in [-0.05, 0) is 37.1 Å². The van der Waals surface area contributed by atoms with Gasteiger partial charge in [0.1, 0.15) is 11.5 Å². The number of ether oxygens (including phenoxy) is 3. The smallest absolute Gasteiger partial charge is 0.248 e. The molecular formula is C33H46O5. The van der Waals surface area contributed by atoms with Gasteiger partial charge in [-0.2, -0.15) is 0 Å². The molecule has 2 atom stereocenters. The van der Waals surface area contributed by atoms with Gasteiger partial charge in [0, 0.05) is 43.1 Å². The van der Waals surface area contributed by atoms with E-state index in [4.69, 9.17) is 14.2 Å². The number of hydrogen-bond acceptors (Lipinski definition) is 5. The van der Waals surface area contributed by atoms with Crippen LogP contribution in [0.4, 0.5) is 0 Å². The van der Waals surface area contributed by atoms with Gasteiger partial charge in [0.25, 0.3) is 0 Å². The molecular weight excluding hydrogens is 476 g/mol. The number of methoxy groups -OCH3 is 1. The van der Waals surface area contributed by atoms with Crippen LogP contribution < -0.4 is 4.74 Å². The molecule has 0 aromatic heterocycles. The molecule has 0 radical (unpaired) electrons. The van der Waals surface area contributed by atoms with Crippen molar-refractivity contribution in [3.63, 3.8) is 0 Å². The minimum Gasteiger partial charge on any atom is -0.507 e. The van der Waals surface area contributed by atoms with Crippen molar-refractivity contribution in [1.29, 1.82) is 0 Å². The Morgan fingerprint density at radius 2 is 1.61 bits per heavy atom. The molecule has 208 valence electrons. The molecule has 0 fully saturated rings. The third-order valence-electron chi connectivity index (χ3n) is 8.19. The maximum Gasteiger partial charge on any atom is 0.248 e. The third-order valence-corrected chi connectivity index (χ3v) is 8.19. The largest absolute Gasteiger partial charge is 0.507 e. The van der Waals surface area contributed by atoms with Gasteiger partial charge >= 0.3 is 0 Å². The second-order valence-electron chi connectivity index (χ2n) is 11.1. The van der Waals surface area contributed by atoms with Crippen molar-refractivity contribution in [1.82, 2.24) is 0 Å². The lowest BCUT2D eigenvalue weighted by atomic mass is 9.91. The van der Waals surface area contributed by atoms with Crippen molar-refractivity contribution in [3.05, 3.63) is 58.7 Å². The van der Waals surface area contributed by atoms with Gasteiger partial charge in [0.2, 0.25) is 5.79 Å². The fourth-order valence-corrected chi connectivity index (χ4v) is 6.07. The number of carbonyl (C=O) groups excluding carboxylic acids is 1. The number of ketones is 1. The Morgan fingerprint density at radius 1 is 0.921 bits per heavy atom. The number of Topliss-reactive ketones (excluding diaryl/α,β-unsaturated/α-hetero) is 1. The maximum atomic E-state index is 12.9. The average molecular weight is 523 g/mol. The quantitative estimate of drug-likeness (QED) is 0.176. The number of carbonyl (C=O) groups is 1. The first kappa shape index (κ1) is 28.6. The molecule has 2 aliphatic rings. The van der Waals surface area contributed by atoms with Crippen molar-refractivity contribution >= 4 is 5.78 Å². The number of phenols is 1. The van der Waals surface area contributed by atoms with Gasteiger partial charge in [-0.1, -0.05) is 90.2 Å². The lowest BCUT2D eigenvalue weighted by Gasteiger charge is -2.32. The van der Waals surface area contributed by atoms with Gasteiger partial charge < -0.3 is 14.6 Å². The van der Waals surface area contributed by atoms with E-state index in [1.807, 2.05) is 30.3 Å². The molecule has 2 aliphatic heterocycles. The predicted octanol–water partition coefficient (Wildman–Crippen LogP) is 8.69. The van der Waals surface area contributed by atoms with Crippen LogP contribution in [0.1, 0.15) is 131 Å². The van der Waals surface area contributed by atoms with Crippen molar-refractivity contribution in [2.45, 2.75) is 122 Å². The van der Waals surface area contributed by atoms with Crippen LogP contribution in [0.5, 0.6) is 11.5 Å². The van der Waals surface area contributed by atoms with Crippen LogP contribution in [0.15, 0.2) is 36.4 Å². The zero-order valence-electron chi connectivity index (χ0n) is 23.7. The van der Waals surface area contributed by atoms with Gasteiger partial charge in [-0.25, -0.2) is 0 Å². The van der Waals surface area contributed by atoms with E-state index in [-0.39, 0.29) is 11.5 Å². The highest BCUT2D eigenvalue weighted by Crippen LogP contribution is 2.57. The Balaban J connectivity index is 1.48. The topological polar surface area (TPSA) is 65.0 Å². The summed E-state index contributed by atoms with van der Waals surface area (Å²) < 4.78 is 19.3. The third kappa shape index (κ3) is 6.10. The fraction of sp³-hybridized carbons (Fsp3) is 0.606. The molecule has 2 aromatic rings. The summed E-state index contributed by atoms with van der Waals surface area (Å²) in [6.45, 7) is 4.44. The van der Waals surface area contributed by atoms with E-state index in [9.17, 15) is 9.90 Å². The first-order valence-corrected chi connectivity index (χ1v) is 14.9. The van der Waals surface area contributed by atoms with E-state index >= 15 is 0 Å². The van der Waals surface area contributed by atoms with Gasteiger partial charge in [0.05, 0.1) is 5.56 Å². The fourth-order valence-electron chi connectivity index (χ4n) is 6.07. The van der Waals surface area contributed by atoms with E-state index in [1.165, 1.54) is 51.4 Å². The molecule has 38 heavy (non-hydrogen) atoms. The molecule has 1 N–H and O–H groups in total. The molecule has 4 rings (SSSR count). The Morgan fingerprint density at radius 3 is 2.32 bits per heavy atom. The summed E-state index contributed by atoms with van der Waals surface area (Å²) in [7, 11) is 1.67. The number of hydrogen-bond donors (Lipinski definition) is 1. The van der Waals surface area contributed by atoms with Crippen molar-refractivity contribution in [3.8, 4) is 11.5 Å². The molecule has 0 amide bonds. The van der Waals surface area contributed by atoms with Crippen molar-refractivity contribution < 1.29 is 24.1 Å². The summed E-state index contributed by atoms with van der Waals surface area (Å²) >= 11 is 0. The molecule has 0 aliphatic carbocycles. The SMILES string of the molecule is CCCCCCCCC(=O)c1ccc2c(c1)C[C@]1(O2)O[C@@](CCCCCCCC)(OC)c2cccc(O)c21. The normalized spacial score (nSPS) is 21.4. The molecule has 0 saturated heterocycles. The van der Waals surface area contributed by atoms with E-state index in [2.05, 4.69) is 13.8 Å². The summed E-state index contributed by atoms with van der Waals surface area (Å²) in [5.41, 5.74) is 3.13. The van der Waals surface area contributed by atoms with E-state index in [1.54, 1.807) is 13.2 Å². The Kier molecular flexibility index (Phi) is 9.89. The van der Waals surface area contributed by atoms with Crippen LogP contribution in [-0.4, -0.2) is 18.0 Å². The monoisotopic (exact) mass is 522 g/mol. The van der Waals surface area contributed by atoms with E-state index < -0.39 is 11.6 Å². The van der Waals surface area contributed by atoms with Gasteiger partial charge in [-0.15, -0.1) is 0 Å². The molecule has 0 saturated carbocycles. The van der Waals surface area contributed by atoms with Crippen LogP contribution in [-0.2, 0) is 27.5 Å². The Bertz CT molecular complexity index is 1080. The van der Waals surface area contributed by atoms with Crippen LogP contribution >= 0.6 is 0 Å². The second-order valence-corrected chi connectivity index (χ2v) is 11.1. The van der Waals surface area contributed by atoms with Crippen molar-refractivity contribution in [2.75, 3.05) is 7.11 Å². The number of fused-ring (bicyclic) bond motifs is 3.